The van der Waals surface area contributed by atoms with Gasteiger partial charge in [0, 0.05) is 0 Å². The van der Waals surface area contributed by atoms with Crippen LogP contribution in [0.25, 0.3) is 10.8 Å². The Morgan fingerprint density at radius 1 is 0.533 bits per heavy atom. The first-order valence-electron chi connectivity index (χ1n) is 13.3. The number of rotatable bonds is 18. The van der Waals surface area contributed by atoms with Gasteiger partial charge in [-0.15, -0.1) is 0 Å². The van der Waals surface area contributed by atoms with Gasteiger partial charge in [0.15, 0.2) is 0 Å². The van der Waals surface area contributed by atoms with E-state index in [0.29, 0.717) is 0 Å². The van der Waals surface area contributed by atoms with Crippen molar-refractivity contribution in [1.29, 1.82) is 0 Å². The van der Waals surface area contributed by atoms with Crippen LogP contribution in [-0.4, -0.2) is 0 Å². The molecule has 0 spiro atoms. The third-order valence-corrected chi connectivity index (χ3v) is 6.82. The quantitative estimate of drug-likeness (QED) is 0.215. The van der Waals surface area contributed by atoms with Crippen molar-refractivity contribution in [2.24, 2.45) is 5.92 Å². The molecule has 0 fully saturated rings. The van der Waals surface area contributed by atoms with Crippen LogP contribution in [0.4, 0.5) is 0 Å². The summed E-state index contributed by atoms with van der Waals surface area (Å²) in [5.41, 5.74) is 1.57. The Morgan fingerprint density at radius 3 is 1.63 bits per heavy atom. The second-order valence-electron chi connectivity index (χ2n) is 9.53. The van der Waals surface area contributed by atoms with E-state index in [9.17, 15) is 0 Å². The van der Waals surface area contributed by atoms with Crippen molar-refractivity contribution in [2.75, 3.05) is 0 Å². The summed E-state index contributed by atoms with van der Waals surface area (Å²) < 4.78 is 0. The first kappa shape index (κ1) is 25.0. The van der Waals surface area contributed by atoms with E-state index in [2.05, 4.69) is 56.3 Å². The number of unbranched alkanes of at least 4 members (excludes halogenated alkanes) is 12. The molecule has 2 rings (SSSR count). The van der Waals surface area contributed by atoms with Crippen LogP contribution in [0.15, 0.2) is 42.5 Å². The molecule has 2 aromatic rings. The molecular weight excluding hydrogens is 360 g/mol. The van der Waals surface area contributed by atoms with Crippen LogP contribution in [0, 0.1) is 5.92 Å². The van der Waals surface area contributed by atoms with Crippen molar-refractivity contribution in [2.45, 2.75) is 123 Å². The van der Waals surface area contributed by atoms with E-state index in [0.717, 1.165) is 5.92 Å². The normalized spacial score (nSPS) is 12.5. The minimum Gasteiger partial charge on any atom is -0.0654 e. The van der Waals surface area contributed by atoms with Crippen LogP contribution in [0.5, 0.6) is 0 Å². The highest BCUT2D eigenvalue weighted by atomic mass is 14.2. The molecule has 0 aliphatic carbocycles. The highest BCUT2D eigenvalue weighted by Gasteiger charge is 2.12. The first-order valence-corrected chi connectivity index (χ1v) is 13.3. The van der Waals surface area contributed by atoms with E-state index in [1.807, 2.05) is 0 Å². The summed E-state index contributed by atoms with van der Waals surface area (Å²) in [5, 5.41) is 2.88. The Hall–Kier alpha value is -1.30. The maximum absolute atomic E-state index is 2.38. The second kappa shape index (κ2) is 16.4. The maximum Gasteiger partial charge on any atom is -0.0152 e. The Kier molecular flexibility index (Phi) is 13.6. The van der Waals surface area contributed by atoms with Gasteiger partial charge in [0.25, 0.3) is 0 Å². The molecular formula is C30H48. The minimum absolute atomic E-state index is 0.863. The minimum atomic E-state index is 0.863. The van der Waals surface area contributed by atoms with E-state index < -0.39 is 0 Å². The average Bonchev–Trinajstić information content (AvgIpc) is 2.78. The largest absolute Gasteiger partial charge is 0.0654 e. The van der Waals surface area contributed by atoms with Crippen LogP contribution in [0.1, 0.15) is 122 Å². The lowest BCUT2D eigenvalue weighted by molar-refractivity contribution is 0.401. The molecule has 0 heterocycles. The number of hydrogen-bond acceptors (Lipinski definition) is 0. The van der Waals surface area contributed by atoms with Gasteiger partial charge in [-0.25, -0.2) is 0 Å². The lowest BCUT2D eigenvalue weighted by atomic mass is 9.87. The number of hydrogen-bond donors (Lipinski definition) is 0. The van der Waals surface area contributed by atoms with Crippen molar-refractivity contribution in [3.63, 3.8) is 0 Å². The fraction of sp³-hybridized carbons (Fsp3) is 0.667. The first-order chi connectivity index (χ1) is 14.8. The monoisotopic (exact) mass is 408 g/mol. The smallest absolute Gasteiger partial charge is 0.0152 e. The van der Waals surface area contributed by atoms with Gasteiger partial charge in [-0.2, -0.15) is 0 Å². The summed E-state index contributed by atoms with van der Waals surface area (Å²) in [4.78, 5) is 0. The molecule has 0 amide bonds. The zero-order valence-corrected chi connectivity index (χ0v) is 20.1. The van der Waals surface area contributed by atoms with Crippen molar-refractivity contribution < 1.29 is 0 Å². The molecule has 168 valence electrons. The zero-order chi connectivity index (χ0) is 21.3. The summed E-state index contributed by atoms with van der Waals surface area (Å²) >= 11 is 0. The van der Waals surface area contributed by atoms with Crippen LogP contribution < -0.4 is 0 Å². The molecule has 0 saturated heterocycles. The second-order valence-corrected chi connectivity index (χ2v) is 9.53. The maximum atomic E-state index is 2.38. The van der Waals surface area contributed by atoms with E-state index in [4.69, 9.17) is 0 Å². The molecule has 30 heavy (non-hydrogen) atoms. The third kappa shape index (κ3) is 10.1. The molecule has 0 bridgehead atoms. The van der Waals surface area contributed by atoms with Gasteiger partial charge in [0.2, 0.25) is 0 Å². The van der Waals surface area contributed by atoms with Crippen molar-refractivity contribution in [1.82, 2.24) is 0 Å². The van der Waals surface area contributed by atoms with E-state index in [1.54, 1.807) is 5.56 Å². The van der Waals surface area contributed by atoms with Gasteiger partial charge >= 0.3 is 0 Å². The fourth-order valence-electron chi connectivity index (χ4n) is 4.91. The average molecular weight is 409 g/mol. The highest BCUT2D eigenvalue weighted by molar-refractivity contribution is 5.85. The molecule has 1 atom stereocenters. The lowest BCUT2D eigenvalue weighted by Gasteiger charge is -2.18. The lowest BCUT2D eigenvalue weighted by Crippen LogP contribution is -2.06. The Bertz CT molecular complexity index is 651. The fourth-order valence-corrected chi connectivity index (χ4v) is 4.91. The van der Waals surface area contributed by atoms with Gasteiger partial charge in [0.1, 0.15) is 0 Å². The summed E-state index contributed by atoms with van der Waals surface area (Å²) in [7, 11) is 0. The number of fused-ring (bicyclic) bond motifs is 1. The van der Waals surface area contributed by atoms with Crippen LogP contribution in [0.3, 0.4) is 0 Å². The molecule has 0 saturated carbocycles. The van der Waals surface area contributed by atoms with Crippen molar-refractivity contribution in [3.05, 3.63) is 48.0 Å². The predicted molar refractivity (Wildman–Crippen MR) is 136 cm³/mol. The van der Waals surface area contributed by atoms with Gasteiger partial charge in [0.05, 0.1) is 0 Å². The zero-order valence-electron chi connectivity index (χ0n) is 20.1. The van der Waals surface area contributed by atoms with Crippen molar-refractivity contribution in [3.8, 4) is 0 Å². The molecule has 0 heteroatoms. The van der Waals surface area contributed by atoms with E-state index >= 15 is 0 Å². The molecule has 0 aliphatic heterocycles. The summed E-state index contributed by atoms with van der Waals surface area (Å²) in [6, 6.07) is 15.9. The van der Waals surface area contributed by atoms with Gasteiger partial charge in [-0.1, -0.05) is 159 Å². The standard InChI is InChI=1S/C30H48/c1-3-5-7-9-11-12-14-16-21-27(20-15-13-10-8-6-4-2)26-29-24-19-23-28-22-17-18-25-30(28)29/h17-19,22-25,27H,3-16,20-21,26H2,1-2H3. The van der Waals surface area contributed by atoms with Gasteiger partial charge in [-0.05, 0) is 28.7 Å². The van der Waals surface area contributed by atoms with Crippen LogP contribution in [0.2, 0.25) is 0 Å². The topological polar surface area (TPSA) is 0 Å². The van der Waals surface area contributed by atoms with Crippen LogP contribution >= 0.6 is 0 Å². The molecule has 0 radical (unpaired) electrons. The molecule has 0 aromatic heterocycles. The highest BCUT2D eigenvalue weighted by Crippen LogP contribution is 2.27. The molecule has 0 N–H and O–H groups in total. The molecule has 0 aliphatic rings. The number of benzene rings is 2. The van der Waals surface area contributed by atoms with Gasteiger partial charge in [-0.3, -0.25) is 0 Å². The van der Waals surface area contributed by atoms with E-state index in [-0.39, 0.29) is 0 Å². The SMILES string of the molecule is CCCCCCCCCCC(CCCCCCCC)Cc1cccc2ccccc12. The van der Waals surface area contributed by atoms with E-state index in [1.165, 1.54) is 120 Å². The molecule has 2 aromatic carbocycles. The molecule has 1 unspecified atom stereocenters. The predicted octanol–water partition coefficient (Wildman–Crippen LogP) is 10.3. The van der Waals surface area contributed by atoms with Gasteiger partial charge < -0.3 is 0 Å². The summed E-state index contributed by atoms with van der Waals surface area (Å²) in [6.07, 6.45) is 24.0. The Balaban J connectivity index is 1.81. The third-order valence-electron chi connectivity index (χ3n) is 6.82. The van der Waals surface area contributed by atoms with Crippen molar-refractivity contribution >= 4 is 10.8 Å². The van der Waals surface area contributed by atoms with Crippen LogP contribution in [-0.2, 0) is 6.42 Å². The molecule has 0 nitrogen and oxygen atoms in total. The summed E-state index contributed by atoms with van der Waals surface area (Å²) in [5.74, 6) is 0.863. The Morgan fingerprint density at radius 2 is 1.03 bits per heavy atom. The summed E-state index contributed by atoms with van der Waals surface area (Å²) in [6.45, 7) is 4.61. The Labute approximate surface area is 187 Å².